The molecule has 8 heteroatoms. The number of halogens is 3. The summed E-state index contributed by atoms with van der Waals surface area (Å²) in [4.78, 5) is 11.1. The minimum Gasteiger partial charge on any atom is -0.480 e. The number of aliphatic carboxylic acids is 1. The van der Waals surface area contributed by atoms with E-state index in [0.717, 1.165) is 17.1 Å². The number of likely N-dealkylation sites (N-methyl/N-ethyl adjacent to an activating group) is 1. The van der Waals surface area contributed by atoms with Crippen LogP contribution in [0.4, 0.5) is 13.2 Å². The molecule has 1 heterocycles. The average Bonchev–Trinajstić information content (AvgIpc) is 2.77. The smallest absolute Gasteiger partial charge is 0.419 e. The molecule has 0 aliphatic rings. The van der Waals surface area contributed by atoms with Crippen molar-refractivity contribution in [3.63, 3.8) is 0 Å². The van der Waals surface area contributed by atoms with Crippen LogP contribution in [0.25, 0.3) is 0 Å². The van der Waals surface area contributed by atoms with E-state index in [1.807, 2.05) is 0 Å². The quantitative estimate of drug-likeness (QED) is 0.864. The molecule has 1 aromatic rings. The molecule has 0 amide bonds. The Morgan fingerprint density at radius 2 is 2.16 bits per heavy atom. The third-order valence-electron chi connectivity index (χ3n) is 3.11. The molecule has 0 saturated carbocycles. The second-order valence-corrected chi connectivity index (χ2v) is 4.65. The van der Waals surface area contributed by atoms with E-state index >= 15 is 0 Å². The van der Waals surface area contributed by atoms with Crippen LogP contribution in [0.1, 0.15) is 31.9 Å². The summed E-state index contributed by atoms with van der Waals surface area (Å²) in [7, 11) is 1.49. The number of aromatic nitrogens is 2. The lowest BCUT2D eigenvalue weighted by atomic mass is 9.94. The molecule has 0 aliphatic heterocycles. The highest BCUT2D eigenvalue weighted by Gasteiger charge is 2.35. The molecule has 108 valence electrons. The highest BCUT2D eigenvalue weighted by molar-refractivity contribution is 5.78. The van der Waals surface area contributed by atoms with Gasteiger partial charge in [0.1, 0.15) is 5.54 Å². The highest BCUT2D eigenvalue weighted by Crippen LogP contribution is 2.30. The van der Waals surface area contributed by atoms with Crippen molar-refractivity contribution in [3.05, 3.63) is 18.0 Å². The van der Waals surface area contributed by atoms with Crippen LogP contribution < -0.4 is 5.32 Å². The molecule has 0 radical (unpaired) electrons. The molecule has 2 unspecified atom stereocenters. The molecule has 2 atom stereocenters. The molecule has 0 saturated heterocycles. The third-order valence-corrected chi connectivity index (χ3v) is 3.11. The Hall–Kier alpha value is -1.57. The van der Waals surface area contributed by atoms with Crippen molar-refractivity contribution in [2.75, 3.05) is 7.05 Å². The Labute approximate surface area is 108 Å². The predicted octanol–water partition coefficient (Wildman–Crippen LogP) is 1.92. The number of nitrogens with one attached hydrogen (secondary N) is 1. The SMILES string of the molecule is CNC(C)(CC(C)n1cc(C(F)(F)F)cn1)C(=O)O. The summed E-state index contributed by atoms with van der Waals surface area (Å²) in [6.45, 7) is 3.09. The summed E-state index contributed by atoms with van der Waals surface area (Å²) < 4.78 is 38.4. The molecule has 5 nitrogen and oxygen atoms in total. The molecule has 0 fully saturated rings. The molecule has 0 aromatic carbocycles. The van der Waals surface area contributed by atoms with Crippen molar-refractivity contribution in [2.24, 2.45) is 0 Å². The van der Waals surface area contributed by atoms with Gasteiger partial charge in [-0.3, -0.25) is 9.48 Å². The van der Waals surface area contributed by atoms with Crippen LogP contribution in [0, 0.1) is 0 Å². The van der Waals surface area contributed by atoms with Gasteiger partial charge in [0.2, 0.25) is 0 Å². The minimum absolute atomic E-state index is 0.109. The Morgan fingerprint density at radius 3 is 2.53 bits per heavy atom. The fraction of sp³-hybridized carbons (Fsp3) is 0.636. The van der Waals surface area contributed by atoms with E-state index in [2.05, 4.69) is 10.4 Å². The van der Waals surface area contributed by atoms with Crippen molar-refractivity contribution in [3.8, 4) is 0 Å². The molecule has 19 heavy (non-hydrogen) atoms. The second kappa shape index (κ2) is 5.20. The van der Waals surface area contributed by atoms with Crippen molar-refractivity contribution < 1.29 is 23.1 Å². The van der Waals surface area contributed by atoms with Gasteiger partial charge in [-0.25, -0.2) is 0 Å². The first-order valence-corrected chi connectivity index (χ1v) is 5.64. The number of hydrogen-bond acceptors (Lipinski definition) is 3. The number of alkyl halides is 3. The van der Waals surface area contributed by atoms with Gasteiger partial charge in [0.25, 0.3) is 0 Å². The summed E-state index contributed by atoms with van der Waals surface area (Å²) in [5, 5.41) is 15.4. The molecule has 0 bridgehead atoms. The average molecular weight is 279 g/mol. The number of rotatable bonds is 5. The van der Waals surface area contributed by atoms with E-state index in [1.165, 1.54) is 14.0 Å². The van der Waals surface area contributed by atoms with Gasteiger partial charge in [0, 0.05) is 6.20 Å². The first-order valence-electron chi connectivity index (χ1n) is 5.64. The van der Waals surface area contributed by atoms with Gasteiger partial charge < -0.3 is 10.4 Å². The maximum atomic E-state index is 12.4. The van der Waals surface area contributed by atoms with E-state index in [-0.39, 0.29) is 6.42 Å². The maximum absolute atomic E-state index is 12.4. The normalized spacial score (nSPS) is 16.9. The summed E-state index contributed by atoms with van der Waals surface area (Å²) >= 11 is 0. The monoisotopic (exact) mass is 279 g/mol. The molecule has 0 aliphatic carbocycles. The van der Waals surface area contributed by atoms with Gasteiger partial charge >= 0.3 is 12.1 Å². The molecular formula is C11H16F3N3O2. The van der Waals surface area contributed by atoms with E-state index < -0.39 is 29.3 Å². The zero-order valence-electron chi connectivity index (χ0n) is 10.8. The van der Waals surface area contributed by atoms with Gasteiger partial charge in [-0.1, -0.05) is 0 Å². The maximum Gasteiger partial charge on any atom is 0.419 e. The number of hydrogen-bond donors (Lipinski definition) is 2. The topological polar surface area (TPSA) is 67.2 Å². The Morgan fingerprint density at radius 1 is 1.58 bits per heavy atom. The summed E-state index contributed by atoms with van der Waals surface area (Å²) in [6.07, 6.45) is -2.73. The van der Waals surface area contributed by atoms with Gasteiger partial charge in [-0.15, -0.1) is 0 Å². The Kier molecular flexibility index (Phi) is 4.24. The zero-order valence-corrected chi connectivity index (χ0v) is 10.8. The molecule has 2 N–H and O–H groups in total. The summed E-state index contributed by atoms with van der Waals surface area (Å²) in [6, 6.07) is -0.482. The fourth-order valence-electron chi connectivity index (χ4n) is 1.71. The van der Waals surface area contributed by atoms with Crippen LogP contribution in [-0.2, 0) is 11.0 Å². The third kappa shape index (κ3) is 3.46. The predicted molar refractivity (Wildman–Crippen MR) is 61.7 cm³/mol. The number of carboxylic acid groups (broad SMARTS) is 1. The van der Waals surface area contributed by atoms with Gasteiger partial charge in [0.05, 0.1) is 17.8 Å². The van der Waals surface area contributed by atoms with Crippen molar-refractivity contribution >= 4 is 5.97 Å². The lowest BCUT2D eigenvalue weighted by molar-refractivity contribution is -0.144. The summed E-state index contributed by atoms with van der Waals surface area (Å²) in [5.74, 6) is -1.06. The number of carboxylic acids is 1. The van der Waals surface area contributed by atoms with Crippen LogP contribution in [0.2, 0.25) is 0 Å². The zero-order chi connectivity index (χ0) is 14.8. The first-order chi connectivity index (χ1) is 8.60. The minimum atomic E-state index is -4.45. The van der Waals surface area contributed by atoms with E-state index in [0.29, 0.717) is 0 Å². The molecule has 1 rings (SSSR count). The van der Waals surface area contributed by atoms with E-state index in [4.69, 9.17) is 5.11 Å². The lowest BCUT2D eigenvalue weighted by Gasteiger charge is -2.27. The van der Waals surface area contributed by atoms with Crippen LogP contribution in [-0.4, -0.2) is 33.4 Å². The van der Waals surface area contributed by atoms with Crippen molar-refractivity contribution in [1.29, 1.82) is 0 Å². The van der Waals surface area contributed by atoms with Gasteiger partial charge in [-0.05, 0) is 27.3 Å². The van der Waals surface area contributed by atoms with E-state index in [9.17, 15) is 18.0 Å². The second-order valence-electron chi connectivity index (χ2n) is 4.65. The Bertz CT molecular complexity index is 458. The molecule has 0 spiro atoms. The van der Waals surface area contributed by atoms with Gasteiger partial charge in [-0.2, -0.15) is 18.3 Å². The van der Waals surface area contributed by atoms with Crippen LogP contribution in [0.5, 0.6) is 0 Å². The number of nitrogens with zero attached hydrogens (tertiary/aromatic N) is 2. The standard InChI is InChI=1S/C11H16F3N3O2/c1-7(4-10(2,15-3)9(18)19)17-6-8(5-16-17)11(12,13)14/h5-7,15H,4H2,1-3H3,(H,18,19). The fourth-order valence-corrected chi connectivity index (χ4v) is 1.71. The van der Waals surface area contributed by atoms with Crippen LogP contribution in [0.3, 0.4) is 0 Å². The number of carbonyl (C=O) groups is 1. The van der Waals surface area contributed by atoms with Crippen LogP contribution in [0.15, 0.2) is 12.4 Å². The Balaban J connectivity index is 2.87. The van der Waals surface area contributed by atoms with Crippen molar-refractivity contribution in [2.45, 2.75) is 38.0 Å². The van der Waals surface area contributed by atoms with E-state index in [1.54, 1.807) is 6.92 Å². The lowest BCUT2D eigenvalue weighted by Crippen LogP contribution is -2.48. The first kappa shape index (κ1) is 15.5. The largest absolute Gasteiger partial charge is 0.480 e. The van der Waals surface area contributed by atoms with Gasteiger partial charge in [0.15, 0.2) is 0 Å². The van der Waals surface area contributed by atoms with Crippen LogP contribution >= 0.6 is 0 Å². The van der Waals surface area contributed by atoms with Crippen molar-refractivity contribution in [1.82, 2.24) is 15.1 Å². The summed E-state index contributed by atoms with van der Waals surface area (Å²) in [5.41, 5.74) is -2.06. The molecular weight excluding hydrogens is 263 g/mol. The highest BCUT2D eigenvalue weighted by atomic mass is 19.4. The molecule has 1 aromatic heterocycles.